The van der Waals surface area contributed by atoms with E-state index in [2.05, 4.69) is 10.1 Å². The third-order valence-electron chi connectivity index (χ3n) is 1.88. The molecule has 0 aliphatic carbocycles. The number of rotatable bonds is 3. The molecule has 5 heteroatoms. The lowest BCUT2D eigenvalue weighted by Crippen LogP contribution is -1.88. The quantitative estimate of drug-likeness (QED) is 0.759. The number of nitrogens with zero attached hydrogens (tertiary/aromatic N) is 2. The molecule has 0 aliphatic rings. The molecular formula is C10H8N2O3. The smallest absolute Gasteiger partial charge is 0.235 e. The van der Waals surface area contributed by atoms with Gasteiger partial charge >= 0.3 is 0 Å². The van der Waals surface area contributed by atoms with Gasteiger partial charge in [0.05, 0.1) is 6.42 Å². The lowest BCUT2D eigenvalue weighted by atomic mass is 10.1. The summed E-state index contributed by atoms with van der Waals surface area (Å²) < 4.78 is 4.83. The fraction of sp³-hybridized carbons (Fsp3) is 0.100. The van der Waals surface area contributed by atoms with E-state index >= 15 is 0 Å². The second kappa shape index (κ2) is 3.91. The van der Waals surface area contributed by atoms with E-state index in [-0.39, 0.29) is 11.6 Å². The number of carbonyl (C=O) groups excluding carboxylic acids is 1. The highest BCUT2D eigenvalue weighted by molar-refractivity contribution is 5.68. The second-order valence-corrected chi connectivity index (χ2v) is 3.01. The first-order valence-corrected chi connectivity index (χ1v) is 4.33. The minimum atomic E-state index is 0.0452. The van der Waals surface area contributed by atoms with Gasteiger partial charge in [0.25, 0.3) is 0 Å². The summed E-state index contributed by atoms with van der Waals surface area (Å²) in [6.07, 6.45) is 0.977. The van der Waals surface area contributed by atoms with E-state index in [1.807, 2.05) is 0 Å². The zero-order valence-corrected chi connectivity index (χ0v) is 7.75. The van der Waals surface area contributed by atoms with Gasteiger partial charge < -0.3 is 9.63 Å². The largest absolute Gasteiger partial charge is 0.508 e. The Bertz CT molecular complexity index is 462. The summed E-state index contributed by atoms with van der Waals surface area (Å²) in [6, 6.07) is 6.65. The molecule has 2 rings (SSSR count). The molecule has 0 unspecified atom stereocenters. The van der Waals surface area contributed by atoms with E-state index < -0.39 is 0 Å². The van der Waals surface area contributed by atoms with E-state index in [9.17, 15) is 4.79 Å². The van der Waals surface area contributed by atoms with Crippen LogP contribution in [0.1, 0.15) is 22.1 Å². The number of phenols is 1. The topological polar surface area (TPSA) is 76.2 Å². The summed E-state index contributed by atoms with van der Waals surface area (Å²) >= 11 is 0. The first-order valence-electron chi connectivity index (χ1n) is 4.33. The maximum atomic E-state index is 10.3. The second-order valence-electron chi connectivity index (χ2n) is 3.01. The van der Waals surface area contributed by atoms with Gasteiger partial charge in [-0.05, 0) is 17.7 Å². The normalized spacial score (nSPS) is 10.1. The summed E-state index contributed by atoms with van der Waals surface area (Å²) in [7, 11) is 0. The number of carbonyl (C=O) groups is 1. The molecule has 0 fully saturated rings. The van der Waals surface area contributed by atoms with Gasteiger partial charge in [-0.1, -0.05) is 17.3 Å². The number of benzene rings is 1. The zero-order valence-electron chi connectivity index (χ0n) is 7.75. The molecule has 0 spiro atoms. The van der Waals surface area contributed by atoms with E-state index in [0.29, 0.717) is 18.6 Å². The third-order valence-corrected chi connectivity index (χ3v) is 1.88. The number of aromatic hydroxyl groups is 1. The van der Waals surface area contributed by atoms with Gasteiger partial charge in [-0.25, -0.2) is 0 Å². The zero-order chi connectivity index (χ0) is 10.7. The van der Waals surface area contributed by atoms with Crippen molar-refractivity contribution in [2.75, 3.05) is 0 Å². The molecule has 0 amide bonds. The first kappa shape index (κ1) is 9.39. The number of hydrogen-bond acceptors (Lipinski definition) is 5. The Morgan fingerprint density at radius 3 is 2.67 bits per heavy atom. The van der Waals surface area contributed by atoms with Crippen LogP contribution in [-0.4, -0.2) is 21.5 Å². The van der Waals surface area contributed by atoms with Crippen LogP contribution in [0, 0.1) is 0 Å². The Morgan fingerprint density at radius 1 is 1.33 bits per heavy atom. The summed E-state index contributed by atoms with van der Waals surface area (Å²) in [5.41, 5.74) is 0.925. The molecule has 76 valence electrons. The molecule has 2 aromatic rings. The molecular weight excluding hydrogens is 196 g/mol. The Labute approximate surface area is 85.4 Å². The third kappa shape index (κ3) is 2.19. The molecule has 0 atom stereocenters. The minimum absolute atomic E-state index is 0.0452. The van der Waals surface area contributed by atoms with Crippen molar-refractivity contribution in [2.24, 2.45) is 0 Å². The fourth-order valence-corrected chi connectivity index (χ4v) is 1.18. The highest BCUT2D eigenvalue weighted by Gasteiger charge is 2.05. The number of aromatic nitrogens is 2. The van der Waals surface area contributed by atoms with Gasteiger partial charge in [0.15, 0.2) is 6.29 Å². The standard InChI is InChI=1S/C10H8N2O3/c13-6-9-11-10(15-12-9)5-7-1-3-8(14)4-2-7/h1-4,6,14H,5H2. The maximum absolute atomic E-state index is 10.3. The van der Waals surface area contributed by atoms with E-state index in [4.69, 9.17) is 9.63 Å². The molecule has 5 nitrogen and oxygen atoms in total. The molecule has 0 aliphatic heterocycles. The minimum Gasteiger partial charge on any atom is -0.508 e. The first-order chi connectivity index (χ1) is 7.28. The fourth-order valence-electron chi connectivity index (χ4n) is 1.18. The predicted molar refractivity (Wildman–Crippen MR) is 50.6 cm³/mol. The van der Waals surface area contributed by atoms with Gasteiger partial charge in [-0.2, -0.15) is 4.98 Å². The van der Waals surface area contributed by atoms with Crippen molar-refractivity contribution in [1.82, 2.24) is 10.1 Å². The lowest BCUT2D eigenvalue weighted by molar-refractivity contribution is 0.111. The highest BCUT2D eigenvalue weighted by Crippen LogP contribution is 2.12. The molecule has 1 N–H and O–H groups in total. The molecule has 1 heterocycles. The summed E-state index contributed by atoms with van der Waals surface area (Å²) in [5.74, 6) is 0.629. The van der Waals surface area contributed by atoms with Crippen molar-refractivity contribution in [3.63, 3.8) is 0 Å². The van der Waals surface area contributed by atoms with E-state index in [1.54, 1.807) is 24.3 Å². The van der Waals surface area contributed by atoms with Crippen molar-refractivity contribution in [3.8, 4) is 5.75 Å². The van der Waals surface area contributed by atoms with Crippen molar-refractivity contribution >= 4 is 6.29 Å². The van der Waals surface area contributed by atoms with Crippen LogP contribution in [0.25, 0.3) is 0 Å². The van der Waals surface area contributed by atoms with Crippen LogP contribution >= 0.6 is 0 Å². The van der Waals surface area contributed by atoms with Gasteiger partial charge in [0.1, 0.15) is 5.75 Å². The van der Waals surface area contributed by atoms with Crippen LogP contribution in [0.15, 0.2) is 28.8 Å². The molecule has 0 bridgehead atoms. The maximum Gasteiger partial charge on any atom is 0.235 e. The molecule has 1 aromatic carbocycles. The van der Waals surface area contributed by atoms with Crippen LogP contribution in [0.3, 0.4) is 0 Å². The van der Waals surface area contributed by atoms with Crippen LogP contribution in [0.2, 0.25) is 0 Å². The van der Waals surface area contributed by atoms with Crippen molar-refractivity contribution in [3.05, 3.63) is 41.5 Å². The average Bonchev–Trinajstić information content (AvgIpc) is 2.69. The Balaban J connectivity index is 2.14. The molecule has 15 heavy (non-hydrogen) atoms. The van der Waals surface area contributed by atoms with E-state index in [0.717, 1.165) is 5.56 Å². The number of hydrogen-bond donors (Lipinski definition) is 1. The van der Waals surface area contributed by atoms with Crippen LogP contribution in [0.5, 0.6) is 5.75 Å². The van der Waals surface area contributed by atoms with Crippen molar-refractivity contribution < 1.29 is 14.4 Å². The van der Waals surface area contributed by atoms with Crippen LogP contribution in [-0.2, 0) is 6.42 Å². The Morgan fingerprint density at radius 2 is 2.07 bits per heavy atom. The van der Waals surface area contributed by atoms with Crippen molar-refractivity contribution in [2.45, 2.75) is 6.42 Å². The highest BCUT2D eigenvalue weighted by atomic mass is 16.5. The van der Waals surface area contributed by atoms with Crippen LogP contribution in [0.4, 0.5) is 0 Å². The number of phenolic OH excluding ortho intramolecular Hbond substituents is 1. The van der Waals surface area contributed by atoms with Crippen LogP contribution < -0.4 is 0 Å². The Hall–Kier alpha value is -2.17. The lowest BCUT2D eigenvalue weighted by Gasteiger charge is -1.96. The average molecular weight is 204 g/mol. The monoisotopic (exact) mass is 204 g/mol. The predicted octanol–water partition coefficient (Wildman–Crippen LogP) is 1.18. The summed E-state index contributed by atoms with van der Waals surface area (Å²) in [4.78, 5) is 14.1. The van der Waals surface area contributed by atoms with E-state index in [1.165, 1.54) is 0 Å². The van der Waals surface area contributed by atoms with Gasteiger partial charge in [-0.3, -0.25) is 4.79 Å². The Kier molecular flexibility index (Phi) is 2.45. The molecule has 1 aromatic heterocycles. The van der Waals surface area contributed by atoms with Gasteiger partial charge in [-0.15, -0.1) is 0 Å². The van der Waals surface area contributed by atoms with Gasteiger partial charge in [0.2, 0.25) is 11.7 Å². The summed E-state index contributed by atoms with van der Waals surface area (Å²) in [5, 5.41) is 12.5. The van der Waals surface area contributed by atoms with Gasteiger partial charge in [0, 0.05) is 0 Å². The SMILES string of the molecule is O=Cc1noc(Cc2ccc(O)cc2)n1. The summed E-state index contributed by atoms with van der Waals surface area (Å²) in [6.45, 7) is 0. The number of aldehydes is 1. The molecule has 0 radical (unpaired) electrons. The molecule has 0 saturated carbocycles. The molecule has 0 saturated heterocycles. The van der Waals surface area contributed by atoms with Crippen molar-refractivity contribution in [1.29, 1.82) is 0 Å².